The van der Waals surface area contributed by atoms with Crippen LogP contribution in [0.15, 0.2) is 17.8 Å². The first-order chi connectivity index (χ1) is 8.19. The van der Waals surface area contributed by atoms with Crippen LogP contribution < -0.4 is 5.32 Å². The standard InChI is InChI=1S/C12H18N4S/c1-4-16-7-11(5-14-16)9(2)13-6-12-8-17-10(3)15-12/h5,7-9,13H,4,6H2,1-3H3. The lowest BCUT2D eigenvalue weighted by atomic mass is 10.2. The zero-order valence-corrected chi connectivity index (χ0v) is 11.3. The molecule has 5 heteroatoms. The van der Waals surface area contributed by atoms with Gasteiger partial charge in [0, 0.05) is 36.3 Å². The van der Waals surface area contributed by atoms with Crippen LogP contribution >= 0.6 is 11.3 Å². The number of nitrogens with one attached hydrogen (secondary N) is 1. The monoisotopic (exact) mass is 250 g/mol. The van der Waals surface area contributed by atoms with Gasteiger partial charge in [-0.2, -0.15) is 5.10 Å². The molecule has 0 aromatic carbocycles. The molecule has 0 spiro atoms. The molecule has 4 nitrogen and oxygen atoms in total. The molecule has 0 saturated carbocycles. The first kappa shape index (κ1) is 12.3. The highest BCUT2D eigenvalue weighted by atomic mass is 32.1. The highest BCUT2D eigenvalue weighted by molar-refractivity contribution is 7.09. The van der Waals surface area contributed by atoms with Crippen molar-refractivity contribution in [2.45, 2.75) is 39.9 Å². The normalized spacial score (nSPS) is 12.9. The lowest BCUT2D eigenvalue weighted by Crippen LogP contribution is -2.17. The van der Waals surface area contributed by atoms with Crippen LogP contribution in [-0.4, -0.2) is 14.8 Å². The van der Waals surface area contributed by atoms with E-state index in [0.717, 1.165) is 23.8 Å². The summed E-state index contributed by atoms with van der Waals surface area (Å²) in [6.07, 6.45) is 4.01. The molecule has 0 aliphatic carbocycles. The SMILES string of the molecule is CCn1cc(C(C)NCc2csc(C)n2)cn1. The number of aromatic nitrogens is 3. The van der Waals surface area contributed by atoms with Gasteiger partial charge in [-0.1, -0.05) is 0 Å². The molecule has 2 heterocycles. The van der Waals surface area contributed by atoms with Crippen molar-refractivity contribution in [2.24, 2.45) is 0 Å². The molecule has 1 atom stereocenters. The first-order valence-corrected chi connectivity index (χ1v) is 6.73. The molecule has 92 valence electrons. The molecule has 17 heavy (non-hydrogen) atoms. The summed E-state index contributed by atoms with van der Waals surface area (Å²) in [5.74, 6) is 0. The third-order valence-electron chi connectivity index (χ3n) is 2.73. The molecule has 0 radical (unpaired) electrons. The van der Waals surface area contributed by atoms with Crippen molar-refractivity contribution in [1.82, 2.24) is 20.1 Å². The molecule has 1 N–H and O–H groups in total. The van der Waals surface area contributed by atoms with Crippen molar-refractivity contribution < 1.29 is 0 Å². The van der Waals surface area contributed by atoms with E-state index in [0.29, 0.717) is 6.04 Å². The maximum Gasteiger partial charge on any atom is 0.0897 e. The average Bonchev–Trinajstić information content (AvgIpc) is 2.94. The molecule has 0 amide bonds. The van der Waals surface area contributed by atoms with Gasteiger partial charge in [0.1, 0.15) is 0 Å². The van der Waals surface area contributed by atoms with Crippen molar-refractivity contribution in [3.63, 3.8) is 0 Å². The molecule has 2 aromatic rings. The third kappa shape index (κ3) is 3.14. The van der Waals surface area contributed by atoms with Gasteiger partial charge in [0.2, 0.25) is 0 Å². The molecule has 0 aliphatic rings. The van der Waals surface area contributed by atoms with E-state index < -0.39 is 0 Å². The summed E-state index contributed by atoms with van der Waals surface area (Å²) < 4.78 is 1.94. The van der Waals surface area contributed by atoms with Crippen molar-refractivity contribution >= 4 is 11.3 Å². The molecule has 1 unspecified atom stereocenters. The van der Waals surface area contributed by atoms with Crippen LogP contribution in [0.4, 0.5) is 0 Å². The lowest BCUT2D eigenvalue weighted by molar-refractivity contribution is 0.567. The van der Waals surface area contributed by atoms with Crippen molar-refractivity contribution in [3.8, 4) is 0 Å². The first-order valence-electron chi connectivity index (χ1n) is 5.85. The number of thiazole rings is 1. The van der Waals surface area contributed by atoms with E-state index in [1.165, 1.54) is 5.56 Å². The second kappa shape index (κ2) is 5.42. The van der Waals surface area contributed by atoms with Crippen LogP contribution in [0.5, 0.6) is 0 Å². The summed E-state index contributed by atoms with van der Waals surface area (Å²) in [7, 11) is 0. The van der Waals surface area contributed by atoms with Gasteiger partial charge >= 0.3 is 0 Å². The fraction of sp³-hybridized carbons (Fsp3) is 0.500. The highest BCUT2D eigenvalue weighted by Crippen LogP contribution is 2.13. The Labute approximate surface area is 106 Å². The van der Waals surface area contributed by atoms with Crippen LogP contribution in [0.1, 0.15) is 36.2 Å². The Balaban J connectivity index is 1.90. The minimum atomic E-state index is 0.303. The van der Waals surface area contributed by atoms with E-state index in [1.54, 1.807) is 11.3 Å². The molecule has 0 aliphatic heterocycles. The van der Waals surface area contributed by atoms with E-state index >= 15 is 0 Å². The summed E-state index contributed by atoms with van der Waals surface area (Å²) in [6, 6.07) is 0.303. The minimum Gasteiger partial charge on any atom is -0.304 e. The van der Waals surface area contributed by atoms with Gasteiger partial charge in [0.25, 0.3) is 0 Å². The van der Waals surface area contributed by atoms with E-state index in [9.17, 15) is 0 Å². The Hall–Kier alpha value is -1.20. The van der Waals surface area contributed by atoms with Crippen molar-refractivity contribution in [2.75, 3.05) is 0 Å². The molecular formula is C12H18N4S. The predicted octanol–water partition coefficient (Wildman–Crippen LogP) is 2.52. The molecule has 0 saturated heterocycles. The maximum absolute atomic E-state index is 4.43. The van der Waals surface area contributed by atoms with Gasteiger partial charge in [-0.25, -0.2) is 4.98 Å². The lowest BCUT2D eigenvalue weighted by Gasteiger charge is -2.10. The number of hydrogen-bond acceptors (Lipinski definition) is 4. The van der Waals surface area contributed by atoms with E-state index in [-0.39, 0.29) is 0 Å². The number of nitrogens with zero attached hydrogens (tertiary/aromatic N) is 3. The molecule has 0 fully saturated rings. The Bertz CT molecular complexity index is 474. The summed E-state index contributed by atoms with van der Waals surface area (Å²) in [5.41, 5.74) is 2.33. The summed E-state index contributed by atoms with van der Waals surface area (Å²) in [4.78, 5) is 4.43. The van der Waals surface area contributed by atoms with Gasteiger partial charge in [0.15, 0.2) is 0 Å². The van der Waals surface area contributed by atoms with Crippen LogP contribution in [-0.2, 0) is 13.1 Å². The Morgan fingerprint density at radius 2 is 2.35 bits per heavy atom. The van der Waals surface area contributed by atoms with Crippen LogP contribution in [0.2, 0.25) is 0 Å². The summed E-state index contributed by atoms with van der Waals surface area (Å²) >= 11 is 1.69. The van der Waals surface area contributed by atoms with Crippen LogP contribution in [0.3, 0.4) is 0 Å². The Morgan fingerprint density at radius 1 is 1.53 bits per heavy atom. The van der Waals surface area contributed by atoms with Crippen LogP contribution in [0, 0.1) is 6.92 Å². The number of rotatable bonds is 5. The highest BCUT2D eigenvalue weighted by Gasteiger charge is 2.08. The second-order valence-electron chi connectivity index (χ2n) is 4.09. The van der Waals surface area contributed by atoms with Gasteiger partial charge in [-0.05, 0) is 20.8 Å². The van der Waals surface area contributed by atoms with Gasteiger partial charge < -0.3 is 5.32 Å². The topological polar surface area (TPSA) is 42.7 Å². The smallest absolute Gasteiger partial charge is 0.0897 e. The largest absolute Gasteiger partial charge is 0.304 e. The van der Waals surface area contributed by atoms with Gasteiger partial charge in [0.05, 0.1) is 16.9 Å². The van der Waals surface area contributed by atoms with Gasteiger partial charge in [-0.15, -0.1) is 11.3 Å². The summed E-state index contributed by atoms with van der Waals surface area (Å²) in [5, 5.41) is 11.0. The number of aryl methyl sites for hydroxylation is 2. The van der Waals surface area contributed by atoms with E-state index in [4.69, 9.17) is 0 Å². The molecule has 2 aromatic heterocycles. The Morgan fingerprint density at radius 3 is 2.94 bits per heavy atom. The molecular weight excluding hydrogens is 232 g/mol. The second-order valence-corrected chi connectivity index (χ2v) is 5.15. The summed E-state index contributed by atoms with van der Waals surface area (Å²) in [6.45, 7) is 7.99. The average molecular weight is 250 g/mol. The third-order valence-corrected chi connectivity index (χ3v) is 3.56. The minimum absolute atomic E-state index is 0.303. The van der Waals surface area contributed by atoms with Crippen LogP contribution in [0.25, 0.3) is 0 Å². The van der Waals surface area contributed by atoms with Gasteiger partial charge in [-0.3, -0.25) is 4.68 Å². The fourth-order valence-electron chi connectivity index (χ4n) is 1.64. The number of hydrogen-bond donors (Lipinski definition) is 1. The predicted molar refractivity (Wildman–Crippen MR) is 70.0 cm³/mol. The fourth-order valence-corrected chi connectivity index (χ4v) is 2.25. The zero-order chi connectivity index (χ0) is 12.3. The molecule has 2 rings (SSSR count). The van der Waals surface area contributed by atoms with Crippen molar-refractivity contribution in [1.29, 1.82) is 0 Å². The quantitative estimate of drug-likeness (QED) is 0.886. The van der Waals surface area contributed by atoms with Crippen molar-refractivity contribution in [3.05, 3.63) is 34.0 Å². The zero-order valence-electron chi connectivity index (χ0n) is 10.5. The Kier molecular flexibility index (Phi) is 3.91. The van der Waals surface area contributed by atoms with E-state index in [2.05, 4.69) is 40.8 Å². The molecule has 0 bridgehead atoms. The van der Waals surface area contributed by atoms with E-state index in [1.807, 2.05) is 17.8 Å². The maximum atomic E-state index is 4.43.